The van der Waals surface area contributed by atoms with Crippen molar-refractivity contribution < 1.29 is 0 Å². The summed E-state index contributed by atoms with van der Waals surface area (Å²) in [5.74, 6) is 5.70. The zero-order chi connectivity index (χ0) is 11.5. The molecule has 2 aromatic rings. The van der Waals surface area contributed by atoms with E-state index in [-0.39, 0.29) is 0 Å². The van der Waals surface area contributed by atoms with E-state index < -0.39 is 0 Å². The molecule has 0 radical (unpaired) electrons. The van der Waals surface area contributed by atoms with Crippen molar-refractivity contribution in [1.29, 1.82) is 0 Å². The Bertz CT molecular complexity index is 496. The highest BCUT2D eigenvalue weighted by Gasteiger charge is 2.03. The Labute approximate surface area is 98.5 Å². The molecule has 0 aliphatic carbocycles. The van der Waals surface area contributed by atoms with Gasteiger partial charge in [0.05, 0.1) is 5.69 Å². The summed E-state index contributed by atoms with van der Waals surface area (Å²) in [6, 6.07) is 9.35. The summed E-state index contributed by atoms with van der Waals surface area (Å²) >= 11 is 5.82. The SMILES string of the molecule is Cc1cc(-c2ccc(Cl)cc2)nc(NN)n1. The van der Waals surface area contributed by atoms with Crippen LogP contribution >= 0.6 is 11.6 Å². The first-order valence-corrected chi connectivity index (χ1v) is 5.15. The number of rotatable bonds is 2. The molecule has 0 bridgehead atoms. The van der Waals surface area contributed by atoms with Gasteiger partial charge in [-0.15, -0.1) is 0 Å². The standard InChI is InChI=1S/C11H11ClN4/c1-7-6-10(15-11(14-7)16-13)8-2-4-9(12)5-3-8/h2-6H,13H2,1H3,(H,14,15,16). The van der Waals surface area contributed by atoms with Crippen LogP contribution in [0.15, 0.2) is 30.3 Å². The number of nitrogens with two attached hydrogens (primary N) is 1. The van der Waals surface area contributed by atoms with Gasteiger partial charge in [0.1, 0.15) is 0 Å². The van der Waals surface area contributed by atoms with Gasteiger partial charge in [0.25, 0.3) is 0 Å². The van der Waals surface area contributed by atoms with Crippen LogP contribution in [0.2, 0.25) is 5.02 Å². The minimum absolute atomic E-state index is 0.407. The van der Waals surface area contributed by atoms with Crippen LogP contribution in [-0.2, 0) is 0 Å². The maximum Gasteiger partial charge on any atom is 0.237 e. The molecule has 0 saturated carbocycles. The lowest BCUT2D eigenvalue weighted by molar-refractivity contribution is 1.08. The van der Waals surface area contributed by atoms with Crippen LogP contribution in [0.4, 0.5) is 5.95 Å². The van der Waals surface area contributed by atoms with E-state index in [9.17, 15) is 0 Å². The first-order valence-electron chi connectivity index (χ1n) is 4.77. The van der Waals surface area contributed by atoms with Crippen LogP contribution in [0.1, 0.15) is 5.69 Å². The molecule has 1 aromatic carbocycles. The van der Waals surface area contributed by atoms with Gasteiger partial charge in [-0.05, 0) is 25.1 Å². The lowest BCUT2D eigenvalue weighted by Crippen LogP contribution is -2.11. The first-order chi connectivity index (χ1) is 7.69. The van der Waals surface area contributed by atoms with E-state index in [4.69, 9.17) is 17.4 Å². The van der Waals surface area contributed by atoms with E-state index in [0.717, 1.165) is 17.0 Å². The molecule has 2 rings (SSSR count). The highest BCUT2D eigenvalue weighted by Crippen LogP contribution is 2.20. The molecule has 4 nitrogen and oxygen atoms in total. The number of hydrazine groups is 1. The summed E-state index contributed by atoms with van der Waals surface area (Å²) < 4.78 is 0. The van der Waals surface area contributed by atoms with Crippen molar-refractivity contribution in [2.45, 2.75) is 6.92 Å². The molecule has 5 heteroatoms. The van der Waals surface area contributed by atoms with Gasteiger partial charge in [0.2, 0.25) is 5.95 Å². The highest BCUT2D eigenvalue weighted by molar-refractivity contribution is 6.30. The van der Waals surface area contributed by atoms with Crippen molar-refractivity contribution in [3.8, 4) is 11.3 Å². The van der Waals surface area contributed by atoms with Crippen LogP contribution < -0.4 is 11.3 Å². The van der Waals surface area contributed by atoms with Gasteiger partial charge in [-0.3, -0.25) is 5.43 Å². The maximum atomic E-state index is 5.82. The number of anilines is 1. The maximum absolute atomic E-state index is 5.82. The molecule has 1 heterocycles. The summed E-state index contributed by atoms with van der Waals surface area (Å²) in [6.07, 6.45) is 0. The quantitative estimate of drug-likeness (QED) is 0.619. The van der Waals surface area contributed by atoms with E-state index in [1.165, 1.54) is 0 Å². The smallest absolute Gasteiger partial charge is 0.237 e. The Morgan fingerprint density at radius 3 is 2.50 bits per heavy atom. The van der Waals surface area contributed by atoms with Crippen LogP contribution in [-0.4, -0.2) is 9.97 Å². The predicted octanol–water partition coefficient (Wildman–Crippen LogP) is 2.39. The molecule has 0 atom stereocenters. The van der Waals surface area contributed by atoms with Crippen LogP contribution in [0.3, 0.4) is 0 Å². The monoisotopic (exact) mass is 234 g/mol. The normalized spacial score (nSPS) is 10.2. The summed E-state index contributed by atoms with van der Waals surface area (Å²) in [5.41, 5.74) is 5.09. The highest BCUT2D eigenvalue weighted by atomic mass is 35.5. The van der Waals surface area contributed by atoms with Gasteiger partial charge in [-0.25, -0.2) is 15.8 Å². The van der Waals surface area contributed by atoms with Crippen LogP contribution in [0.5, 0.6) is 0 Å². The van der Waals surface area contributed by atoms with Gasteiger partial charge >= 0.3 is 0 Å². The molecule has 0 amide bonds. The molecule has 16 heavy (non-hydrogen) atoms. The fourth-order valence-corrected chi connectivity index (χ4v) is 1.53. The third kappa shape index (κ3) is 2.29. The molecule has 1 aromatic heterocycles. The van der Waals surface area contributed by atoms with Crippen molar-refractivity contribution in [3.63, 3.8) is 0 Å². The Morgan fingerprint density at radius 2 is 1.88 bits per heavy atom. The number of hydrogen-bond donors (Lipinski definition) is 2. The Hall–Kier alpha value is -1.65. The number of hydrogen-bond acceptors (Lipinski definition) is 4. The number of aryl methyl sites for hydroxylation is 1. The zero-order valence-corrected chi connectivity index (χ0v) is 9.49. The fraction of sp³-hybridized carbons (Fsp3) is 0.0909. The van der Waals surface area contributed by atoms with Crippen LogP contribution in [0, 0.1) is 6.92 Å². The van der Waals surface area contributed by atoms with Crippen molar-refractivity contribution in [2.24, 2.45) is 5.84 Å². The van der Waals surface area contributed by atoms with Crippen molar-refractivity contribution >= 4 is 17.5 Å². The third-order valence-corrected chi connectivity index (χ3v) is 2.38. The minimum Gasteiger partial charge on any atom is -0.292 e. The minimum atomic E-state index is 0.407. The van der Waals surface area contributed by atoms with E-state index >= 15 is 0 Å². The summed E-state index contributed by atoms with van der Waals surface area (Å²) in [5, 5.41) is 0.701. The van der Waals surface area contributed by atoms with E-state index in [2.05, 4.69) is 15.4 Å². The van der Waals surface area contributed by atoms with Gasteiger partial charge in [0, 0.05) is 16.3 Å². The number of aromatic nitrogens is 2. The van der Waals surface area contributed by atoms with Crippen LogP contribution in [0.25, 0.3) is 11.3 Å². The van der Waals surface area contributed by atoms with Gasteiger partial charge in [-0.2, -0.15) is 0 Å². The summed E-state index contributed by atoms with van der Waals surface area (Å²) in [4.78, 5) is 8.38. The average Bonchev–Trinajstić information content (AvgIpc) is 2.29. The molecular weight excluding hydrogens is 224 g/mol. The number of nitrogen functional groups attached to an aromatic ring is 1. The van der Waals surface area contributed by atoms with E-state index in [0.29, 0.717) is 11.0 Å². The lowest BCUT2D eigenvalue weighted by Gasteiger charge is -2.05. The molecular formula is C11H11ClN4. The number of nitrogens with one attached hydrogen (secondary N) is 1. The van der Waals surface area contributed by atoms with Gasteiger partial charge in [0.15, 0.2) is 0 Å². The van der Waals surface area contributed by atoms with Crippen molar-refractivity contribution in [2.75, 3.05) is 5.43 Å². The molecule has 3 N–H and O–H groups in total. The van der Waals surface area contributed by atoms with Gasteiger partial charge in [-0.1, -0.05) is 23.7 Å². The second kappa shape index (κ2) is 4.47. The second-order valence-corrected chi connectivity index (χ2v) is 3.81. The second-order valence-electron chi connectivity index (χ2n) is 3.37. The van der Waals surface area contributed by atoms with Gasteiger partial charge < -0.3 is 0 Å². The Balaban J connectivity index is 2.47. The molecule has 0 spiro atoms. The number of benzene rings is 1. The first kappa shape index (κ1) is 10.9. The fourth-order valence-electron chi connectivity index (χ4n) is 1.40. The zero-order valence-electron chi connectivity index (χ0n) is 8.74. The molecule has 0 fully saturated rings. The average molecular weight is 235 g/mol. The largest absolute Gasteiger partial charge is 0.292 e. The lowest BCUT2D eigenvalue weighted by atomic mass is 10.1. The van der Waals surface area contributed by atoms with Crippen molar-refractivity contribution in [1.82, 2.24) is 9.97 Å². The van der Waals surface area contributed by atoms with E-state index in [1.807, 2.05) is 37.3 Å². The number of halogens is 1. The summed E-state index contributed by atoms with van der Waals surface area (Å²) in [7, 11) is 0. The van der Waals surface area contributed by atoms with Crippen molar-refractivity contribution in [3.05, 3.63) is 41.0 Å². The Kier molecular flexibility index (Phi) is 3.03. The molecule has 0 saturated heterocycles. The molecule has 0 aliphatic rings. The summed E-state index contributed by atoms with van der Waals surface area (Å²) in [6.45, 7) is 1.89. The number of nitrogens with zero attached hydrogens (tertiary/aromatic N) is 2. The predicted molar refractivity (Wildman–Crippen MR) is 65.0 cm³/mol. The van der Waals surface area contributed by atoms with E-state index in [1.54, 1.807) is 0 Å². The Morgan fingerprint density at radius 1 is 1.19 bits per heavy atom. The molecule has 0 aliphatic heterocycles. The molecule has 82 valence electrons. The third-order valence-electron chi connectivity index (χ3n) is 2.12. The topological polar surface area (TPSA) is 63.8 Å². The molecule has 0 unspecified atom stereocenters.